The lowest BCUT2D eigenvalue weighted by molar-refractivity contribution is -0.117. The summed E-state index contributed by atoms with van der Waals surface area (Å²) in [5.74, 6) is -0.0576. The third-order valence-electron chi connectivity index (χ3n) is 6.16. The monoisotopic (exact) mass is 470 g/mol. The Balaban J connectivity index is 1.51. The minimum atomic E-state index is -0.588. The van der Waals surface area contributed by atoms with Gasteiger partial charge in [0, 0.05) is 17.5 Å². The number of carbonyl (C=O) groups is 2. The number of hydroxylamine groups is 1. The first-order valence-electron chi connectivity index (χ1n) is 12.0. The van der Waals surface area contributed by atoms with Crippen molar-refractivity contribution in [2.75, 3.05) is 13.2 Å². The molecule has 3 aromatic carbocycles. The Morgan fingerprint density at radius 2 is 1.77 bits per heavy atom. The highest BCUT2D eigenvalue weighted by molar-refractivity contribution is 5.98. The molecule has 4 rings (SSSR count). The van der Waals surface area contributed by atoms with Crippen molar-refractivity contribution in [1.29, 1.82) is 0 Å². The largest absolute Gasteiger partial charge is 0.488 e. The molecular weight excluding hydrogens is 440 g/mol. The van der Waals surface area contributed by atoms with Crippen LogP contribution in [0.25, 0.3) is 16.8 Å². The molecule has 1 aliphatic carbocycles. The van der Waals surface area contributed by atoms with E-state index in [1.165, 1.54) is 18.4 Å². The summed E-state index contributed by atoms with van der Waals surface area (Å²) in [6.07, 6.45) is 9.60. The van der Waals surface area contributed by atoms with Crippen molar-refractivity contribution < 1.29 is 19.5 Å². The number of fused-ring (bicyclic) bond motifs is 1. The van der Waals surface area contributed by atoms with Gasteiger partial charge in [-0.1, -0.05) is 60.2 Å². The Kier molecular flexibility index (Phi) is 8.30. The molecule has 0 bridgehead atoms. The molecule has 2 amide bonds. The summed E-state index contributed by atoms with van der Waals surface area (Å²) in [5.41, 5.74) is 4.58. The number of allylic oxidation sites excluding steroid dienone is 1. The maximum absolute atomic E-state index is 13.1. The van der Waals surface area contributed by atoms with Crippen LogP contribution in [0.3, 0.4) is 0 Å². The van der Waals surface area contributed by atoms with Crippen molar-refractivity contribution >= 4 is 28.7 Å². The van der Waals surface area contributed by atoms with Crippen LogP contribution in [0.5, 0.6) is 5.75 Å². The number of nitrogens with one attached hydrogen (secondary N) is 2. The van der Waals surface area contributed by atoms with E-state index in [1.54, 1.807) is 35.8 Å². The number of carbonyl (C=O) groups excluding carboxylic acids is 2. The van der Waals surface area contributed by atoms with Gasteiger partial charge in [0.15, 0.2) is 0 Å². The fourth-order valence-corrected chi connectivity index (χ4v) is 4.23. The van der Waals surface area contributed by atoms with Crippen LogP contribution in [0.2, 0.25) is 0 Å². The zero-order valence-corrected chi connectivity index (χ0v) is 19.6. The molecule has 35 heavy (non-hydrogen) atoms. The highest BCUT2D eigenvalue weighted by Gasteiger charge is 2.13. The topological polar surface area (TPSA) is 87.7 Å². The molecule has 1 aliphatic rings. The molecular formula is C29H30N2O4. The highest BCUT2D eigenvalue weighted by atomic mass is 16.5. The maximum Gasteiger partial charge on any atom is 0.274 e. The molecule has 0 saturated heterocycles. The first kappa shape index (κ1) is 24.2. The van der Waals surface area contributed by atoms with Crippen LogP contribution in [-0.2, 0) is 4.79 Å². The molecule has 0 unspecified atom stereocenters. The molecule has 0 fully saturated rings. The molecule has 180 valence electrons. The summed E-state index contributed by atoms with van der Waals surface area (Å²) in [4.78, 5) is 24.7. The lowest BCUT2D eigenvalue weighted by Crippen LogP contribution is -2.28. The molecule has 0 heterocycles. The van der Waals surface area contributed by atoms with Gasteiger partial charge in [0.25, 0.3) is 11.8 Å². The molecule has 6 heteroatoms. The highest BCUT2D eigenvalue weighted by Crippen LogP contribution is 2.26. The SMILES string of the molecule is O=C(NCCC1=CCCCC1)C(=Cc1ccc(C(=O)NO)cc1)COc1cccc2ccccc12. The lowest BCUT2D eigenvalue weighted by Gasteiger charge is -2.15. The Hall–Kier alpha value is -3.90. The van der Waals surface area contributed by atoms with Crippen molar-refractivity contribution in [2.24, 2.45) is 0 Å². The third kappa shape index (κ3) is 6.58. The standard InChI is InChI=1S/C29H30N2O4/c32-28(30-18-17-21-7-2-1-3-8-21)25(19-22-13-15-24(16-14-22)29(33)31-34)20-35-27-12-6-10-23-9-4-5-11-26(23)27/h4-7,9-16,19,34H,1-3,8,17-18,20H2,(H,30,32)(H,31,33). The quantitative estimate of drug-likeness (QED) is 0.168. The number of amides is 2. The van der Waals surface area contributed by atoms with Crippen LogP contribution in [0.15, 0.2) is 84.0 Å². The summed E-state index contributed by atoms with van der Waals surface area (Å²) in [6, 6.07) is 20.4. The second kappa shape index (κ2) is 12.0. The number of benzene rings is 3. The van der Waals surface area contributed by atoms with Gasteiger partial charge in [0.05, 0.1) is 5.57 Å². The molecule has 0 atom stereocenters. The van der Waals surface area contributed by atoms with Gasteiger partial charge in [-0.05, 0) is 67.3 Å². The minimum absolute atomic E-state index is 0.0986. The van der Waals surface area contributed by atoms with E-state index in [4.69, 9.17) is 9.94 Å². The average molecular weight is 471 g/mol. The fraction of sp³-hybridized carbons (Fsp3) is 0.241. The Morgan fingerprint density at radius 1 is 0.971 bits per heavy atom. The second-order valence-corrected chi connectivity index (χ2v) is 8.61. The molecule has 3 N–H and O–H groups in total. The van der Waals surface area contributed by atoms with Gasteiger partial charge in [0.2, 0.25) is 0 Å². The van der Waals surface area contributed by atoms with Crippen molar-refractivity contribution in [3.63, 3.8) is 0 Å². The number of hydrogen-bond acceptors (Lipinski definition) is 4. The summed E-state index contributed by atoms with van der Waals surface area (Å²) in [6.45, 7) is 0.674. The van der Waals surface area contributed by atoms with Gasteiger partial charge < -0.3 is 10.1 Å². The normalized spacial score (nSPS) is 13.7. The second-order valence-electron chi connectivity index (χ2n) is 8.61. The van der Waals surface area contributed by atoms with Crippen molar-refractivity contribution in [2.45, 2.75) is 32.1 Å². The van der Waals surface area contributed by atoms with E-state index in [-0.39, 0.29) is 12.5 Å². The first-order chi connectivity index (χ1) is 17.1. The zero-order chi connectivity index (χ0) is 24.5. The molecule has 0 radical (unpaired) electrons. The minimum Gasteiger partial charge on any atom is -0.488 e. The molecule has 6 nitrogen and oxygen atoms in total. The molecule has 0 aromatic heterocycles. The molecule has 0 aliphatic heterocycles. The Bertz CT molecular complexity index is 1240. The van der Waals surface area contributed by atoms with Crippen LogP contribution < -0.4 is 15.5 Å². The fourth-order valence-electron chi connectivity index (χ4n) is 4.23. The van der Waals surface area contributed by atoms with E-state index in [2.05, 4.69) is 11.4 Å². The van der Waals surface area contributed by atoms with Gasteiger partial charge in [-0.2, -0.15) is 0 Å². The van der Waals surface area contributed by atoms with Gasteiger partial charge in [-0.3, -0.25) is 14.8 Å². The number of hydrogen-bond donors (Lipinski definition) is 3. The third-order valence-corrected chi connectivity index (χ3v) is 6.16. The smallest absolute Gasteiger partial charge is 0.274 e. The molecule has 0 saturated carbocycles. The number of rotatable bonds is 9. The van der Waals surface area contributed by atoms with Gasteiger partial charge in [-0.15, -0.1) is 0 Å². The van der Waals surface area contributed by atoms with Crippen molar-refractivity contribution in [1.82, 2.24) is 10.8 Å². The zero-order valence-electron chi connectivity index (χ0n) is 19.6. The molecule has 3 aromatic rings. The number of ether oxygens (including phenoxy) is 1. The van der Waals surface area contributed by atoms with Gasteiger partial charge in [-0.25, -0.2) is 5.48 Å². The van der Waals surface area contributed by atoms with Crippen LogP contribution in [0, 0.1) is 0 Å². The lowest BCUT2D eigenvalue weighted by atomic mass is 9.97. The summed E-state index contributed by atoms with van der Waals surface area (Å²) in [7, 11) is 0. The van der Waals surface area contributed by atoms with Crippen molar-refractivity contribution in [3.8, 4) is 5.75 Å². The first-order valence-corrected chi connectivity index (χ1v) is 12.0. The summed E-state index contributed by atoms with van der Waals surface area (Å²) >= 11 is 0. The molecule has 0 spiro atoms. The predicted octanol–water partition coefficient (Wildman–Crippen LogP) is 5.43. The van der Waals surface area contributed by atoms with Crippen LogP contribution in [-0.4, -0.2) is 30.2 Å². The van der Waals surface area contributed by atoms with Crippen LogP contribution >= 0.6 is 0 Å². The van der Waals surface area contributed by atoms with E-state index in [9.17, 15) is 9.59 Å². The maximum atomic E-state index is 13.1. The Labute approximate surface area is 205 Å². The predicted molar refractivity (Wildman–Crippen MR) is 137 cm³/mol. The summed E-state index contributed by atoms with van der Waals surface area (Å²) in [5, 5.41) is 13.9. The Morgan fingerprint density at radius 3 is 2.54 bits per heavy atom. The average Bonchev–Trinajstić information content (AvgIpc) is 2.91. The van der Waals surface area contributed by atoms with Crippen LogP contribution in [0.1, 0.15) is 48.0 Å². The summed E-state index contributed by atoms with van der Waals surface area (Å²) < 4.78 is 6.11. The van der Waals surface area contributed by atoms with Crippen molar-refractivity contribution in [3.05, 3.63) is 95.1 Å². The van der Waals surface area contributed by atoms with E-state index < -0.39 is 5.91 Å². The van der Waals surface area contributed by atoms with E-state index in [0.717, 1.165) is 35.6 Å². The van der Waals surface area contributed by atoms with E-state index in [0.29, 0.717) is 23.4 Å². The van der Waals surface area contributed by atoms with Gasteiger partial charge >= 0.3 is 0 Å². The van der Waals surface area contributed by atoms with Crippen LogP contribution in [0.4, 0.5) is 0 Å². The van der Waals surface area contributed by atoms with E-state index >= 15 is 0 Å². The van der Waals surface area contributed by atoms with Gasteiger partial charge in [0.1, 0.15) is 12.4 Å². The van der Waals surface area contributed by atoms with E-state index in [1.807, 2.05) is 42.5 Å².